The molecule has 3 unspecified atom stereocenters. The molecule has 0 spiro atoms. The van der Waals surface area contributed by atoms with Gasteiger partial charge in [-0.3, -0.25) is 0 Å². The average Bonchev–Trinajstić information content (AvgIpc) is 2.28. The molecule has 0 saturated heterocycles. The molecule has 0 aliphatic heterocycles. The molecular formula is C14H30N2. The van der Waals surface area contributed by atoms with Gasteiger partial charge in [0.2, 0.25) is 0 Å². The fraction of sp³-hybridized carbons (Fsp3) is 1.00. The Morgan fingerprint density at radius 1 is 1.31 bits per heavy atom. The van der Waals surface area contributed by atoms with E-state index < -0.39 is 0 Å². The normalized spacial score (nSPS) is 31.3. The highest BCUT2D eigenvalue weighted by molar-refractivity contribution is 4.90. The van der Waals surface area contributed by atoms with Gasteiger partial charge in [0.25, 0.3) is 0 Å². The Hall–Kier alpha value is -0.0800. The van der Waals surface area contributed by atoms with Crippen molar-refractivity contribution in [2.75, 3.05) is 20.6 Å². The van der Waals surface area contributed by atoms with Gasteiger partial charge in [-0.1, -0.05) is 20.8 Å². The van der Waals surface area contributed by atoms with Crippen molar-refractivity contribution in [2.24, 2.45) is 11.8 Å². The zero-order chi connectivity index (χ0) is 12.1. The molecular weight excluding hydrogens is 196 g/mol. The molecule has 1 aliphatic rings. The Bertz CT molecular complexity index is 191. The van der Waals surface area contributed by atoms with Crippen LogP contribution < -0.4 is 5.32 Å². The molecule has 0 aromatic rings. The molecule has 0 aromatic carbocycles. The zero-order valence-electron chi connectivity index (χ0n) is 11.8. The molecule has 1 saturated carbocycles. The summed E-state index contributed by atoms with van der Waals surface area (Å²) in [6.07, 6.45) is 5.38. The molecule has 1 N–H and O–H groups in total. The van der Waals surface area contributed by atoms with Crippen molar-refractivity contribution in [3.8, 4) is 0 Å². The first-order valence-electron chi connectivity index (χ1n) is 6.97. The fourth-order valence-electron chi connectivity index (χ4n) is 3.13. The van der Waals surface area contributed by atoms with Gasteiger partial charge in [0, 0.05) is 12.1 Å². The molecule has 96 valence electrons. The van der Waals surface area contributed by atoms with Gasteiger partial charge in [-0.2, -0.15) is 0 Å². The summed E-state index contributed by atoms with van der Waals surface area (Å²) in [5.74, 6) is 1.77. The van der Waals surface area contributed by atoms with E-state index in [2.05, 4.69) is 45.1 Å². The maximum absolute atomic E-state index is 3.51. The lowest BCUT2D eigenvalue weighted by Crippen LogP contribution is -2.51. The van der Waals surface area contributed by atoms with E-state index in [9.17, 15) is 0 Å². The second kappa shape index (κ2) is 6.61. The first-order valence-corrected chi connectivity index (χ1v) is 6.97. The Balaban J connectivity index is 2.59. The summed E-state index contributed by atoms with van der Waals surface area (Å²) in [5.41, 5.74) is 0. The predicted octanol–water partition coefficient (Wildman–Crippen LogP) is 2.74. The molecule has 0 bridgehead atoms. The van der Waals surface area contributed by atoms with Gasteiger partial charge >= 0.3 is 0 Å². The summed E-state index contributed by atoms with van der Waals surface area (Å²) in [7, 11) is 4.41. The minimum absolute atomic E-state index is 0.701. The summed E-state index contributed by atoms with van der Waals surface area (Å²) in [5, 5.41) is 3.51. The molecule has 2 nitrogen and oxygen atoms in total. The predicted molar refractivity (Wildman–Crippen MR) is 71.7 cm³/mol. The monoisotopic (exact) mass is 226 g/mol. The molecule has 1 aliphatic carbocycles. The van der Waals surface area contributed by atoms with Crippen LogP contribution in [0, 0.1) is 11.8 Å². The SMILES string of the molecule is CCCN(C)C1CC(C(C)C)CCC1NC. The van der Waals surface area contributed by atoms with E-state index in [0.29, 0.717) is 6.04 Å². The van der Waals surface area contributed by atoms with Crippen molar-refractivity contribution in [1.82, 2.24) is 10.2 Å². The van der Waals surface area contributed by atoms with Crippen LogP contribution in [-0.4, -0.2) is 37.6 Å². The van der Waals surface area contributed by atoms with Gasteiger partial charge in [-0.05, 0) is 58.2 Å². The van der Waals surface area contributed by atoms with Crippen LogP contribution >= 0.6 is 0 Å². The van der Waals surface area contributed by atoms with Gasteiger partial charge in [0.15, 0.2) is 0 Å². The first-order chi connectivity index (χ1) is 7.60. The average molecular weight is 226 g/mol. The van der Waals surface area contributed by atoms with Gasteiger partial charge in [0.1, 0.15) is 0 Å². The lowest BCUT2D eigenvalue weighted by atomic mass is 9.76. The van der Waals surface area contributed by atoms with Gasteiger partial charge in [-0.25, -0.2) is 0 Å². The summed E-state index contributed by atoms with van der Waals surface area (Å²) in [6, 6.07) is 1.44. The largest absolute Gasteiger partial charge is 0.315 e. The van der Waals surface area contributed by atoms with E-state index in [0.717, 1.165) is 17.9 Å². The van der Waals surface area contributed by atoms with E-state index in [4.69, 9.17) is 0 Å². The topological polar surface area (TPSA) is 15.3 Å². The van der Waals surface area contributed by atoms with Crippen LogP contribution in [0.5, 0.6) is 0 Å². The van der Waals surface area contributed by atoms with Crippen molar-refractivity contribution in [3.63, 3.8) is 0 Å². The maximum atomic E-state index is 3.51. The van der Waals surface area contributed by atoms with Crippen LogP contribution in [0.2, 0.25) is 0 Å². The first kappa shape index (κ1) is 14.0. The van der Waals surface area contributed by atoms with Gasteiger partial charge < -0.3 is 10.2 Å². The Labute approximate surface area is 102 Å². The van der Waals surface area contributed by atoms with Crippen molar-refractivity contribution in [3.05, 3.63) is 0 Å². The number of nitrogens with zero attached hydrogens (tertiary/aromatic N) is 1. The molecule has 0 heterocycles. The van der Waals surface area contributed by atoms with Crippen LogP contribution in [0.25, 0.3) is 0 Å². The summed E-state index contributed by atoms with van der Waals surface area (Å²) in [4.78, 5) is 2.57. The van der Waals surface area contributed by atoms with Crippen LogP contribution in [0.3, 0.4) is 0 Å². The van der Waals surface area contributed by atoms with Crippen molar-refractivity contribution in [1.29, 1.82) is 0 Å². The van der Waals surface area contributed by atoms with Gasteiger partial charge in [-0.15, -0.1) is 0 Å². The summed E-state index contributed by atoms with van der Waals surface area (Å²) in [6.45, 7) is 8.25. The molecule has 2 heteroatoms. The number of hydrogen-bond donors (Lipinski definition) is 1. The van der Waals surface area contributed by atoms with Crippen molar-refractivity contribution in [2.45, 2.75) is 58.5 Å². The maximum Gasteiger partial charge on any atom is 0.0248 e. The summed E-state index contributed by atoms with van der Waals surface area (Å²) < 4.78 is 0. The fourth-order valence-corrected chi connectivity index (χ4v) is 3.13. The molecule has 16 heavy (non-hydrogen) atoms. The van der Waals surface area contributed by atoms with E-state index in [1.807, 2.05) is 0 Å². The zero-order valence-corrected chi connectivity index (χ0v) is 11.8. The van der Waals surface area contributed by atoms with Crippen LogP contribution in [0.15, 0.2) is 0 Å². The Morgan fingerprint density at radius 2 is 2.00 bits per heavy atom. The lowest BCUT2D eigenvalue weighted by molar-refractivity contribution is 0.106. The van der Waals surface area contributed by atoms with Crippen LogP contribution in [-0.2, 0) is 0 Å². The molecule has 1 fully saturated rings. The standard InChI is InChI=1S/C14H30N2/c1-6-9-16(5)14-10-12(11(2)3)7-8-13(14)15-4/h11-15H,6-10H2,1-5H3. The van der Waals surface area contributed by atoms with Crippen molar-refractivity contribution < 1.29 is 0 Å². The molecule has 1 rings (SSSR count). The van der Waals surface area contributed by atoms with Crippen LogP contribution in [0.4, 0.5) is 0 Å². The number of hydrogen-bond acceptors (Lipinski definition) is 2. The second-order valence-electron chi connectivity index (χ2n) is 5.76. The highest BCUT2D eigenvalue weighted by atomic mass is 15.2. The number of likely N-dealkylation sites (N-methyl/N-ethyl adjacent to an activating group) is 2. The Kier molecular flexibility index (Phi) is 5.77. The lowest BCUT2D eigenvalue weighted by Gasteiger charge is -2.42. The summed E-state index contributed by atoms with van der Waals surface area (Å²) >= 11 is 0. The minimum atomic E-state index is 0.701. The molecule has 0 radical (unpaired) electrons. The molecule has 0 amide bonds. The van der Waals surface area contributed by atoms with E-state index in [-0.39, 0.29) is 0 Å². The second-order valence-corrected chi connectivity index (χ2v) is 5.76. The minimum Gasteiger partial charge on any atom is -0.315 e. The third-order valence-electron chi connectivity index (χ3n) is 4.31. The molecule has 0 aromatic heterocycles. The van der Waals surface area contributed by atoms with Crippen molar-refractivity contribution >= 4 is 0 Å². The van der Waals surface area contributed by atoms with E-state index >= 15 is 0 Å². The third-order valence-corrected chi connectivity index (χ3v) is 4.31. The smallest absolute Gasteiger partial charge is 0.0248 e. The van der Waals surface area contributed by atoms with E-state index in [1.54, 1.807) is 0 Å². The Morgan fingerprint density at radius 3 is 2.50 bits per heavy atom. The number of nitrogens with one attached hydrogen (secondary N) is 1. The quantitative estimate of drug-likeness (QED) is 0.775. The number of rotatable bonds is 5. The third kappa shape index (κ3) is 3.46. The van der Waals surface area contributed by atoms with Crippen LogP contribution in [0.1, 0.15) is 46.5 Å². The molecule has 3 atom stereocenters. The highest BCUT2D eigenvalue weighted by Crippen LogP contribution is 2.32. The van der Waals surface area contributed by atoms with E-state index in [1.165, 1.54) is 32.2 Å². The highest BCUT2D eigenvalue weighted by Gasteiger charge is 2.32. The van der Waals surface area contributed by atoms with Gasteiger partial charge in [0.05, 0.1) is 0 Å².